The van der Waals surface area contributed by atoms with E-state index in [1.807, 2.05) is 44.2 Å². The van der Waals surface area contributed by atoms with Crippen LogP contribution in [0.4, 0.5) is 11.4 Å². The molecule has 3 fully saturated rings. The van der Waals surface area contributed by atoms with Gasteiger partial charge in [0.15, 0.2) is 0 Å². The van der Waals surface area contributed by atoms with Crippen molar-refractivity contribution < 1.29 is 19.5 Å². The fourth-order valence-electron chi connectivity index (χ4n) is 7.26. The molecule has 234 valence electrons. The van der Waals surface area contributed by atoms with E-state index in [4.69, 9.17) is 11.6 Å². The van der Waals surface area contributed by atoms with Crippen molar-refractivity contribution in [3.05, 3.63) is 84.9 Å². The molecule has 2 aromatic rings. The Morgan fingerprint density at radius 3 is 2.25 bits per heavy atom. The predicted octanol–water partition coefficient (Wildman–Crippen LogP) is 5.95. The minimum atomic E-state index is -0.890. The number of hydrogen-bond donors (Lipinski definition) is 1. The number of alkyl halides is 1. The first-order chi connectivity index (χ1) is 21.1. The van der Waals surface area contributed by atoms with Gasteiger partial charge in [0.2, 0.25) is 11.8 Å². The van der Waals surface area contributed by atoms with Crippen LogP contribution in [0.3, 0.4) is 0 Å². The number of hydrogen-bond acceptors (Lipinski definition) is 5. The molecule has 0 aliphatic carbocycles. The number of carbonyl (C=O) groups is 3. The highest BCUT2D eigenvalue weighted by atomic mass is 79.9. The monoisotopic (exact) mass is 699 g/mol. The van der Waals surface area contributed by atoms with Crippen LogP contribution in [0.15, 0.2) is 79.9 Å². The maximum absolute atomic E-state index is 14.9. The molecular formula is C34H39BrClN3O4S. The second-order valence-electron chi connectivity index (χ2n) is 11.8. The normalized spacial score (nSPS) is 28.3. The number of amides is 3. The number of rotatable bonds is 12. The number of fused-ring (bicyclic) bond motifs is 1. The molecule has 0 radical (unpaired) electrons. The van der Waals surface area contributed by atoms with E-state index in [1.54, 1.807) is 62.9 Å². The summed E-state index contributed by atoms with van der Waals surface area (Å²) in [5, 5.41) is 11.0. The molecule has 7 nitrogen and oxygen atoms in total. The van der Waals surface area contributed by atoms with Crippen LogP contribution in [-0.4, -0.2) is 74.3 Å². The summed E-state index contributed by atoms with van der Waals surface area (Å²) < 4.78 is -0.864. The summed E-state index contributed by atoms with van der Waals surface area (Å²) in [6.07, 6.45) is 4.60. The number of halogens is 2. The van der Waals surface area contributed by atoms with Gasteiger partial charge in [-0.2, -0.15) is 0 Å². The molecule has 44 heavy (non-hydrogen) atoms. The van der Waals surface area contributed by atoms with E-state index in [1.165, 1.54) is 0 Å². The van der Waals surface area contributed by atoms with Crippen LogP contribution in [0.25, 0.3) is 0 Å². The Morgan fingerprint density at radius 1 is 1.09 bits per heavy atom. The molecule has 0 aromatic heterocycles. The lowest BCUT2D eigenvalue weighted by Crippen LogP contribution is -2.59. The Kier molecular flexibility index (Phi) is 10.00. The maximum atomic E-state index is 14.9. The van der Waals surface area contributed by atoms with E-state index in [0.717, 1.165) is 5.69 Å². The highest BCUT2D eigenvalue weighted by Gasteiger charge is 2.76. The van der Waals surface area contributed by atoms with Crippen molar-refractivity contribution in [3.63, 3.8) is 0 Å². The molecule has 5 rings (SSSR count). The summed E-state index contributed by atoms with van der Waals surface area (Å²) in [7, 11) is 0. The standard InChI is InChI=1S/C34H39BrClN3O4S/c1-5-17-37(23-11-9-8-10-12-23)31(41)27-28-32(42)39(26(20-40)21(4)7-3)30(34(28)19-25(35)29(27)44-34)33(43)38(18-6-2)24-15-13-22(36)14-16-24/h5-6,8-16,21,25-30,40H,1-2,7,17-20H2,3-4H3/t21-,25?,26-,27+,28-,29+,30?,34?/m0/s1. The van der Waals surface area contributed by atoms with Crippen molar-refractivity contribution >= 4 is 68.4 Å². The summed E-state index contributed by atoms with van der Waals surface area (Å²) >= 11 is 11.6. The van der Waals surface area contributed by atoms with Gasteiger partial charge in [0.25, 0.3) is 5.91 Å². The van der Waals surface area contributed by atoms with Gasteiger partial charge in [-0.1, -0.05) is 78.2 Å². The Morgan fingerprint density at radius 2 is 1.68 bits per heavy atom. The zero-order valence-electron chi connectivity index (χ0n) is 25.0. The van der Waals surface area contributed by atoms with Crippen LogP contribution < -0.4 is 9.80 Å². The van der Waals surface area contributed by atoms with E-state index in [2.05, 4.69) is 29.1 Å². The smallest absolute Gasteiger partial charge is 0.251 e. The lowest BCUT2D eigenvalue weighted by atomic mass is 9.70. The number of benzene rings is 2. The molecular weight excluding hydrogens is 662 g/mol. The first-order valence-corrected chi connectivity index (χ1v) is 17.2. The second kappa shape index (κ2) is 13.4. The Hall–Kier alpha value is -2.59. The molecule has 0 saturated carbocycles. The van der Waals surface area contributed by atoms with E-state index in [9.17, 15) is 19.5 Å². The third kappa shape index (κ3) is 5.44. The third-order valence-electron chi connectivity index (χ3n) is 9.45. The minimum absolute atomic E-state index is 0.0736. The highest BCUT2D eigenvalue weighted by molar-refractivity contribution is 9.09. The number of nitrogens with zero attached hydrogens (tertiary/aromatic N) is 3. The lowest BCUT2D eigenvalue weighted by molar-refractivity contribution is -0.143. The lowest BCUT2D eigenvalue weighted by Gasteiger charge is -2.41. The topological polar surface area (TPSA) is 81.2 Å². The van der Waals surface area contributed by atoms with Crippen LogP contribution in [0.1, 0.15) is 26.7 Å². The highest BCUT2D eigenvalue weighted by Crippen LogP contribution is 2.68. The van der Waals surface area contributed by atoms with E-state index < -0.39 is 28.7 Å². The molecule has 3 saturated heterocycles. The molecule has 10 heteroatoms. The summed E-state index contributed by atoms with van der Waals surface area (Å²) in [4.78, 5) is 49.1. The van der Waals surface area contributed by atoms with Crippen LogP contribution in [0, 0.1) is 17.8 Å². The zero-order chi connectivity index (χ0) is 31.8. The summed E-state index contributed by atoms with van der Waals surface area (Å²) in [5.41, 5.74) is 1.37. The first kappa shape index (κ1) is 32.8. The molecule has 3 aliphatic rings. The number of aliphatic hydroxyl groups excluding tert-OH is 1. The Balaban J connectivity index is 1.64. The zero-order valence-corrected chi connectivity index (χ0v) is 28.2. The first-order valence-electron chi connectivity index (χ1n) is 15.0. The molecule has 1 spiro atoms. The number of para-hydroxylation sites is 1. The number of carbonyl (C=O) groups excluding carboxylic acids is 3. The van der Waals surface area contributed by atoms with Crippen molar-refractivity contribution in [1.29, 1.82) is 0 Å². The van der Waals surface area contributed by atoms with Gasteiger partial charge < -0.3 is 19.8 Å². The van der Waals surface area contributed by atoms with Crippen molar-refractivity contribution in [2.45, 2.75) is 53.6 Å². The molecule has 2 aromatic carbocycles. The van der Waals surface area contributed by atoms with Crippen LogP contribution in [-0.2, 0) is 14.4 Å². The summed E-state index contributed by atoms with van der Waals surface area (Å²) in [6.45, 7) is 12.0. The van der Waals surface area contributed by atoms with Gasteiger partial charge in [0, 0.05) is 39.6 Å². The van der Waals surface area contributed by atoms with Gasteiger partial charge in [-0.15, -0.1) is 24.9 Å². The van der Waals surface area contributed by atoms with E-state index in [-0.39, 0.29) is 46.9 Å². The van der Waals surface area contributed by atoms with E-state index >= 15 is 0 Å². The number of anilines is 2. The molecule has 8 atom stereocenters. The Bertz CT molecular complexity index is 1410. The fraction of sp³-hybridized carbons (Fsp3) is 0.441. The summed E-state index contributed by atoms with van der Waals surface area (Å²) in [5.74, 6) is -2.11. The predicted molar refractivity (Wildman–Crippen MR) is 182 cm³/mol. The largest absolute Gasteiger partial charge is 0.394 e. The average Bonchev–Trinajstić information content (AvgIpc) is 3.62. The van der Waals surface area contributed by atoms with Gasteiger partial charge in [-0.05, 0) is 48.7 Å². The molecule has 3 heterocycles. The molecule has 3 aliphatic heterocycles. The minimum Gasteiger partial charge on any atom is -0.394 e. The molecule has 3 unspecified atom stereocenters. The fourth-order valence-corrected chi connectivity index (χ4v) is 11.0. The SMILES string of the molecule is C=CCN(C(=O)C1N([C@@H](CO)[C@@H](C)CC)C(=O)[C@@H]2[C@@H](C(=O)N(CC=C)c3ccccc3)[C@@H]3SC12CC3Br)c1ccc(Cl)cc1. The Labute approximate surface area is 277 Å². The van der Waals surface area contributed by atoms with Gasteiger partial charge in [-0.25, -0.2) is 0 Å². The summed E-state index contributed by atoms with van der Waals surface area (Å²) in [6, 6.07) is 15.0. The van der Waals surface area contributed by atoms with Crippen molar-refractivity contribution in [1.82, 2.24) is 4.90 Å². The van der Waals surface area contributed by atoms with Crippen molar-refractivity contribution in [2.75, 3.05) is 29.5 Å². The average molecular weight is 701 g/mol. The molecule has 2 bridgehead atoms. The quantitative estimate of drug-likeness (QED) is 0.219. The maximum Gasteiger partial charge on any atom is 0.251 e. The van der Waals surface area contributed by atoms with Crippen LogP contribution >= 0.6 is 39.3 Å². The second-order valence-corrected chi connectivity index (χ2v) is 15.0. The van der Waals surface area contributed by atoms with Crippen LogP contribution in [0.2, 0.25) is 5.02 Å². The van der Waals surface area contributed by atoms with Gasteiger partial charge >= 0.3 is 0 Å². The van der Waals surface area contributed by atoms with Gasteiger partial charge in [0.05, 0.1) is 29.2 Å². The van der Waals surface area contributed by atoms with Gasteiger partial charge in [-0.3, -0.25) is 14.4 Å². The number of likely N-dealkylation sites (tertiary alicyclic amines) is 1. The number of thioether (sulfide) groups is 1. The number of aliphatic hydroxyl groups is 1. The van der Waals surface area contributed by atoms with Crippen molar-refractivity contribution in [3.8, 4) is 0 Å². The molecule has 1 N–H and O–H groups in total. The van der Waals surface area contributed by atoms with Crippen molar-refractivity contribution in [2.24, 2.45) is 17.8 Å². The molecule has 3 amide bonds. The van der Waals surface area contributed by atoms with E-state index in [0.29, 0.717) is 30.1 Å². The van der Waals surface area contributed by atoms with Crippen LogP contribution in [0.5, 0.6) is 0 Å². The third-order valence-corrected chi connectivity index (χ3v) is 12.9. The van der Waals surface area contributed by atoms with Gasteiger partial charge in [0.1, 0.15) is 6.04 Å².